The molecular formula is C26H32N4O2P2S. The molecule has 3 heterocycles. The lowest BCUT2D eigenvalue weighted by molar-refractivity contribution is 0.140. The molecule has 3 atom stereocenters. The lowest BCUT2D eigenvalue weighted by Gasteiger charge is -2.27. The van der Waals surface area contributed by atoms with Crippen LogP contribution in [0.2, 0.25) is 0 Å². The maximum atomic E-state index is 10.3. The number of nitrogen functional groups attached to an aromatic ring is 1. The Bertz CT molecular complexity index is 1230. The maximum Gasteiger partial charge on any atom is 0.166 e. The number of ether oxygens (including phenoxy) is 1. The zero-order valence-corrected chi connectivity index (χ0v) is 23.2. The minimum Gasteiger partial charge on any atom is -0.485 e. The Labute approximate surface area is 216 Å². The molecule has 3 N–H and O–H groups in total. The second kappa shape index (κ2) is 11.3. The third-order valence-electron chi connectivity index (χ3n) is 6.19. The van der Waals surface area contributed by atoms with E-state index in [0.717, 1.165) is 47.5 Å². The molecule has 2 aromatic heterocycles. The summed E-state index contributed by atoms with van der Waals surface area (Å²) in [5.74, 6) is 7.40. The van der Waals surface area contributed by atoms with Crippen molar-refractivity contribution in [3.63, 3.8) is 0 Å². The molecule has 35 heavy (non-hydrogen) atoms. The maximum absolute atomic E-state index is 10.3. The van der Waals surface area contributed by atoms with Crippen molar-refractivity contribution in [3.8, 4) is 28.0 Å². The van der Waals surface area contributed by atoms with Crippen LogP contribution >= 0.6 is 29.8 Å². The van der Waals surface area contributed by atoms with Crippen LogP contribution in [0.3, 0.4) is 0 Å². The minimum absolute atomic E-state index is 0.122. The Morgan fingerprint density at radius 3 is 2.77 bits per heavy atom. The largest absolute Gasteiger partial charge is 0.485 e. The van der Waals surface area contributed by atoms with Crippen molar-refractivity contribution in [3.05, 3.63) is 58.9 Å². The van der Waals surface area contributed by atoms with E-state index in [2.05, 4.69) is 47.3 Å². The van der Waals surface area contributed by atoms with Crippen LogP contribution in [0.4, 0.5) is 5.82 Å². The Kier molecular flexibility index (Phi) is 8.42. The fourth-order valence-electron chi connectivity index (χ4n) is 3.75. The van der Waals surface area contributed by atoms with E-state index in [4.69, 9.17) is 15.5 Å². The summed E-state index contributed by atoms with van der Waals surface area (Å²) in [4.78, 5) is 12.5. The summed E-state index contributed by atoms with van der Waals surface area (Å²) in [5, 5.41) is 11.4. The fourth-order valence-corrected chi connectivity index (χ4v) is 4.99. The summed E-state index contributed by atoms with van der Waals surface area (Å²) < 4.78 is 6.05. The quantitative estimate of drug-likeness (QED) is 0.367. The Morgan fingerprint density at radius 2 is 2.03 bits per heavy atom. The number of hydrogen-bond acceptors (Lipinski definition) is 7. The average molecular weight is 527 g/mol. The lowest BCUT2D eigenvalue weighted by Crippen LogP contribution is -2.29. The third-order valence-corrected chi connectivity index (χ3v) is 8.70. The van der Waals surface area contributed by atoms with E-state index in [1.165, 1.54) is 5.01 Å². The van der Waals surface area contributed by atoms with Crippen molar-refractivity contribution >= 4 is 35.6 Å². The number of aliphatic hydroxyl groups is 1. The van der Waals surface area contributed by atoms with E-state index in [1.807, 2.05) is 36.5 Å². The van der Waals surface area contributed by atoms with Gasteiger partial charge >= 0.3 is 0 Å². The van der Waals surface area contributed by atoms with Crippen molar-refractivity contribution in [2.45, 2.75) is 43.3 Å². The van der Waals surface area contributed by atoms with Crippen LogP contribution in [-0.4, -0.2) is 51.1 Å². The average Bonchev–Trinajstić information content (AvgIpc) is 3.33. The van der Waals surface area contributed by atoms with Gasteiger partial charge in [-0.15, -0.1) is 29.8 Å². The SMILES string of the molecule is CN1CCC(c2ncc(-c3cnc(N)c(OCc4cccc(C#CC(C)(O)C(P)P)c4)c3)s2)CC1. The normalized spacial score (nSPS) is 16.5. The van der Waals surface area contributed by atoms with Gasteiger partial charge in [-0.2, -0.15) is 0 Å². The van der Waals surface area contributed by atoms with Gasteiger partial charge in [0.2, 0.25) is 0 Å². The molecule has 1 aliphatic heterocycles. The molecule has 1 aromatic carbocycles. The first-order valence-electron chi connectivity index (χ1n) is 11.6. The second-order valence-electron chi connectivity index (χ2n) is 9.16. The van der Waals surface area contributed by atoms with Crippen molar-refractivity contribution in [2.75, 3.05) is 25.9 Å². The van der Waals surface area contributed by atoms with Crippen LogP contribution in [0, 0.1) is 11.8 Å². The molecule has 0 amide bonds. The number of hydrogen-bond donors (Lipinski definition) is 2. The van der Waals surface area contributed by atoms with Crippen LogP contribution in [0.1, 0.15) is 41.8 Å². The van der Waals surface area contributed by atoms with Crippen LogP contribution in [0.15, 0.2) is 42.7 Å². The first kappa shape index (κ1) is 26.0. The summed E-state index contributed by atoms with van der Waals surface area (Å²) in [6.07, 6.45) is 6.00. The molecule has 1 fully saturated rings. The van der Waals surface area contributed by atoms with Gasteiger partial charge in [-0.3, -0.25) is 0 Å². The monoisotopic (exact) mass is 526 g/mol. The van der Waals surface area contributed by atoms with Crippen LogP contribution in [-0.2, 0) is 6.61 Å². The molecule has 3 unspecified atom stereocenters. The van der Waals surface area contributed by atoms with Gasteiger partial charge in [-0.1, -0.05) is 24.0 Å². The van der Waals surface area contributed by atoms with Gasteiger partial charge in [-0.25, -0.2) is 9.97 Å². The summed E-state index contributed by atoms with van der Waals surface area (Å²) in [5.41, 5.74) is 7.73. The second-order valence-corrected chi connectivity index (χ2v) is 12.4. The van der Waals surface area contributed by atoms with Gasteiger partial charge in [0.05, 0.1) is 9.88 Å². The van der Waals surface area contributed by atoms with E-state index < -0.39 is 5.60 Å². The molecule has 3 aromatic rings. The Hall–Kier alpha value is -2.06. The van der Waals surface area contributed by atoms with Gasteiger partial charge in [0.25, 0.3) is 0 Å². The number of nitrogens with two attached hydrogens (primary N) is 1. The van der Waals surface area contributed by atoms with Gasteiger partial charge in [-0.05, 0) is 63.7 Å². The summed E-state index contributed by atoms with van der Waals surface area (Å²) in [7, 11) is 7.28. The number of aromatic nitrogens is 2. The Morgan fingerprint density at radius 1 is 1.26 bits per heavy atom. The molecule has 6 nitrogen and oxygen atoms in total. The third kappa shape index (κ3) is 6.79. The minimum atomic E-state index is -1.10. The van der Waals surface area contributed by atoms with E-state index in [0.29, 0.717) is 24.1 Å². The number of rotatable bonds is 6. The van der Waals surface area contributed by atoms with E-state index in [1.54, 1.807) is 24.5 Å². The van der Waals surface area contributed by atoms with Gasteiger partial charge < -0.3 is 20.5 Å². The molecule has 9 heteroatoms. The highest BCUT2D eigenvalue weighted by Gasteiger charge is 2.22. The number of anilines is 1. The predicted octanol–water partition coefficient (Wildman–Crippen LogP) is 4.35. The van der Waals surface area contributed by atoms with Crippen molar-refractivity contribution in [1.29, 1.82) is 0 Å². The number of likely N-dealkylation sites (tertiary alicyclic amines) is 1. The van der Waals surface area contributed by atoms with Crippen LogP contribution in [0.5, 0.6) is 5.75 Å². The highest BCUT2D eigenvalue weighted by Crippen LogP contribution is 2.36. The summed E-state index contributed by atoms with van der Waals surface area (Å²) in [6, 6.07) is 9.70. The zero-order chi connectivity index (χ0) is 25.0. The number of piperidine rings is 1. The van der Waals surface area contributed by atoms with Gasteiger partial charge in [0.1, 0.15) is 12.2 Å². The molecule has 0 aliphatic carbocycles. The van der Waals surface area contributed by atoms with Crippen LogP contribution < -0.4 is 10.5 Å². The van der Waals surface area contributed by atoms with Crippen LogP contribution in [0.25, 0.3) is 10.4 Å². The molecular weight excluding hydrogens is 494 g/mol. The van der Waals surface area contributed by atoms with Gasteiger partial charge in [0, 0.05) is 34.8 Å². The highest BCUT2D eigenvalue weighted by molar-refractivity contribution is 7.38. The van der Waals surface area contributed by atoms with Gasteiger partial charge in [0.15, 0.2) is 11.6 Å². The number of pyridine rings is 1. The standard InChI is InChI=1S/C26H32N4O2P2S/c1-26(31,25(33)34)9-6-17-4-3-5-18(12-17)16-32-21-13-20(14-28-23(21)27)22-15-29-24(35-22)19-7-10-30(2)11-8-19/h3-5,12-15,19,25,31H,7-8,10-11,16,33-34H2,1-2H3,(H2,27,28). The Balaban J connectivity index is 1.45. The van der Waals surface area contributed by atoms with E-state index >= 15 is 0 Å². The molecule has 1 saturated heterocycles. The summed E-state index contributed by atoms with van der Waals surface area (Å²) in [6.45, 7) is 4.26. The van der Waals surface area contributed by atoms with E-state index in [-0.39, 0.29) is 5.40 Å². The van der Waals surface area contributed by atoms with Crippen molar-refractivity contribution < 1.29 is 9.84 Å². The predicted molar refractivity (Wildman–Crippen MR) is 151 cm³/mol. The molecule has 0 radical (unpaired) electrons. The fraction of sp³-hybridized carbons (Fsp3) is 0.385. The molecule has 0 saturated carbocycles. The highest BCUT2D eigenvalue weighted by atomic mass is 32.1. The van der Waals surface area contributed by atoms with Crippen molar-refractivity contribution in [2.24, 2.45) is 0 Å². The number of thiazole rings is 1. The number of nitrogens with zero attached hydrogens (tertiary/aromatic N) is 3. The topological polar surface area (TPSA) is 84.5 Å². The molecule has 0 bridgehead atoms. The molecule has 1 aliphatic rings. The number of benzene rings is 1. The van der Waals surface area contributed by atoms with E-state index in [9.17, 15) is 5.11 Å². The lowest BCUT2D eigenvalue weighted by atomic mass is 9.98. The molecule has 4 rings (SSSR count). The first-order valence-corrected chi connectivity index (χ1v) is 13.7. The molecule has 0 spiro atoms. The first-order chi connectivity index (χ1) is 16.7. The smallest absolute Gasteiger partial charge is 0.166 e. The zero-order valence-electron chi connectivity index (χ0n) is 20.1. The van der Waals surface area contributed by atoms with Crippen molar-refractivity contribution in [1.82, 2.24) is 14.9 Å². The summed E-state index contributed by atoms with van der Waals surface area (Å²) >= 11 is 1.73. The molecule has 184 valence electrons.